The van der Waals surface area contributed by atoms with E-state index in [2.05, 4.69) is 14.9 Å². The zero-order chi connectivity index (χ0) is 24.0. The van der Waals surface area contributed by atoms with Gasteiger partial charge in [0.05, 0.1) is 16.5 Å². The number of fused-ring (bicyclic) bond motifs is 2. The SMILES string of the molecule is C[C@H](c1cccc2c1CN(C(=O)O)CC2)n1c(=O)oc2cc(S(=O)(=O)Nc3nncs3)ccc21. The van der Waals surface area contributed by atoms with Crippen LogP contribution in [-0.2, 0) is 23.0 Å². The molecule has 2 aromatic heterocycles. The number of rotatable bonds is 5. The van der Waals surface area contributed by atoms with Crippen molar-refractivity contribution in [3.63, 3.8) is 0 Å². The Labute approximate surface area is 197 Å². The fraction of sp³-hybridized carbons (Fsp3) is 0.238. The van der Waals surface area contributed by atoms with Crippen molar-refractivity contribution in [2.75, 3.05) is 11.3 Å². The number of anilines is 1. The van der Waals surface area contributed by atoms with Gasteiger partial charge >= 0.3 is 11.8 Å². The highest BCUT2D eigenvalue weighted by Gasteiger charge is 2.27. The third kappa shape index (κ3) is 3.82. The van der Waals surface area contributed by atoms with Gasteiger partial charge in [-0.15, -0.1) is 10.2 Å². The van der Waals surface area contributed by atoms with Crippen LogP contribution in [0.2, 0.25) is 0 Å². The maximum absolute atomic E-state index is 12.8. The molecule has 1 aliphatic heterocycles. The quantitative estimate of drug-likeness (QED) is 0.424. The van der Waals surface area contributed by atoms with E-state index in [0.29, 0.717) is 18.5 Å². The summed E-state index contributed by atoms with van der Waals surface area (Å²) in [7, 11) is -3.95. The first-order chi connectivity index (χ1) is 16.2. The molecule has 0 bridgehead atoms. The Morgan fingerprint density at radius 2 is 2.12 bits per heavy atom. The number of oxazole rings is 1. The molecule has 0 spiro atoms. The van der Waals surface area contributed by atoms with Crippen LogP contribution in [-0.4, -0.2) is 45.8 Å². The summed E-state index contributed by atoms with van der Waals surface area (Å²) in [6.07, 6.45) is -0.401. The molecule has 0 saturated carbocycles. The van der Waals surface area contributed by atoms with Gasteiger partial charge in [-0.05, 0) is 42.2 Å². The first-order valence-electron chi connectivity index (χ1n) is 10.3. The third-order valence-corrected chi connectivity index (χ3v) is 7.97. The molecule has 5 rings (SSSR count). The summed E-state index contributed by atoms with van der Waals surface area (Å²) < 4.78 is 34.6. The van der Waals surface area contributed by atoms with Gasteiger partial charge in [-0.2, -0.15) is 0 Å². The van der Waals surface area contributed by atoms with Crippen LogP contribution in [0.25, 0.3) is 11.1 Å². The minimum absolute atomic E-state index is 0.0852. The first-order valence-corrected chi connectivity index (χ1v) is 12.6. The molecule has 3 heterocycles. The Morgan fingerprint density at radius 3 is 2.85 bits per heavy atom. The Morgan fingerprint density at radius 1 is 1.29 bits per heavy atom. The number of nitrogens with zero attached hydrogens (tertiary/aromatic N) is 4. The number of nitrogens with one attached hydrogen (secondary N) is 1. The van der Waals surface area contributed by atoms with Crippen LogP contribution in [0.3, 0.4) is 0 Å². The maximum atomic E-state index is 12.8. The molecule has 0 unspecified atom stereocenters. The van der Waals surface area contributed by atoms with Crippen LogP contribution in [0, 0.1) is 0 Å². The predicted molar refractivity (Wildman–Crippen MR) is 124 cm³/mol. The topological polar surface area (TPSA) is 148 Å². The number of aromatic nitrogens is 3. The molecule has 0 radical (unpaired) electrons. The van der Waals surface area contributed by atoms with Gasteiger partial charge in [-0.1, -0.05) is 29.5 Å². The van der Waals surface area contributed by atoms with Gasteiger partial charge in [0.2, 0.25) is 5.13 Å². The van der Waals surface area contributed by atoms with Crippen LogP contribution in [0.1, 0.15) is 29.7 Å². The van der Waals surface area contributed by atoms with E-state index in [1.165, 1.54) is 33.2 Å². The molecule has 2 N–H and O–H groups in total. The van der Waals surface area contributed by atoms with Crippen LogP contribution in [0.4, 0.5) is 9.93 Å². The van der Waals surface area contributed by atoms with E-state index >= 15 is 0 Å². The predicted octanol–water partition coefficient (Wildman–Crippen LogP) is 2.89. The maximum Gasteiger partial charge on any atom is 0.420 e. The molecular weight excluding hydrogens is 482 g/mol. The first kappa shape index (κ1) is 22.1. The van der Waals surface area contributed by atoms with Gasteiger partial charge in [-0.25, -0.2) is 18.0 Å². The monoisotopic (exact) mass is 501 g/mol. The van der Waals surface area contributed by atoms with Crippen molar-refractivity contribution in [1.82, 2.24) is 19.7 Å². The van der Waals surface area contributed by atoms with E-state index in [0.717, 1.165) is 28.0 Å². The minimum atomic E-state index is -3.95. The Hall–Kier alpha value is -3.71. The second-order valence-corrected chi connectivity index (χ2v) is 10.3. The summed E-state index contributed by atoms with van der Waals surface area (Å²) in [5.74, 6) is -0.641. The highest BCUT2D eigenvalue weighted by molar-refractivity contribution is 7.93. The Balaban J connectivity index is 1.54. The van der Waals surface area contributed by atoms with Gasteiger partial charge in [0.25, 0.3) is 10.0 Å². The van der Waals surface area contributed by atoms with Crippen molar-refractivity contribution in [2.24, 2.45) is 0 Å². The summed E-state index contributed by atoms with van der Waals surface area (Å²) in [6, 6.07) is 9.43. The van der Waals surface area contributed by atoms with Crippen molar-refractivity contribution >= 4 is 43.7 Å². The molecule has 34 heavy (non-hydrogen) atoms. The van der Waals surface area contributed by atoms with Crippen LogP contribution < -0.4 is 10.5 Å². The lowest BCUT2D eigenvalue weighted by molar-refractivity contribution is 0.139. The molecular formula is C21H19N5O6S2. The second kappa shape index (κ2) is 8.25. The smallest absolute Gasteiger partial charge is 0.420 e. The van der Waals surface area contributed by atoms with Crippen molar-refractivity contribution in [1.29, 1.82) is 0 Å². The standard InChI is InChI=1S/C21H19N5O6S2/c1-12(15-4-2-3-13-7-8-25(20(27)28)10-16(13)15)26-17-6-5-14(9-18(17)32-21(26)29)34(30,31)24-19-23-22-11-33-19/h2-6,9,11-12H,7-8,10H2,1H3,(H,23,24)(H,27,28)/t12-/m1/s1. The molecule has 1 amide bonds. The summed E-state index contributed by atoms with van der Waals surface area (Å²) in [5.41, 5.74) is 4.66. The highest BCUT2D eigenvalue weighted by atomic mass is 32.2. The molecule has 0 aliphatic carbocycles. The summed E-state index contributed by atoms with van der Waals surface area (Å²) in [5, 5.41) is 16.8. The lowest BCUT2D eigenvalue weighted by Gasteiger charge is -2.29. The van der Waals surface area contributed by atoms with E-state index in [1.807, 2.05) is 25.1 Å². The summed E-state index contributed by atoms with van der Waals surface area (Å²) in [4.78, 5) is 25.6. The average Bonchev–Trinajstić information content (AvgIpc) is 3.43. The van der Waals surface area contributed by atoms with Gasteiger partial charge in [0, 0.05) is 19.2 Å². The normalized spacial score (nSPS) is 14.7. The number of sulfonamides is 1. The van der Waals surface area contributed by atoms with E-state index < -0.39 is 27.9 Å². The molecule has 11 nitrogen and oxygen atoms in total. The molecule has 13 heteroatoms. The van der Waals surface area contributed by atoms with Gasteiger partial charge in [0.15, 0.2) is 5.58 Å². The minimum Gasteiger partial charge on any atom is -0.465 e. The zero-order valence-electron chi connectivity index (χ0n) is 17.8. The molecule has 0 saturated heterocycles. The zero-order valence-corrected chi connectivity index (χ0v) is 19.5. The van der Waals surface area contributed by atoms with Crippen molar-refractivity contribution in [3.05, 3.63) is 69.1 Å². The fourth-order valence-corrected chi connectivity index (χ4v) is 5.95. The lowest BCUT2D eigenvalue weighted by Crippen LogP contribution is -2.35. The van der Waals surface area contributed by atoms with Gasteiger partial charge < -0.3 is 14.4 Å². The van der Waals surface area contributed by atoms with Gasteiger partial charge in [0.1, 0.15) is 5.51 Å². The van der Waals surface area contributed by atoms with Crippen LogP contribution >= 0.6 is 11.3 Å². The van der Waals surface area contributed by atoms with E-state index in [1.54, 1.807) is 0 Å². The number of hydrogen-bond donors (Lipinski definition) is 2. The fourth-order valence-electron chi connectivity index (χ4n) is 4.24. The highest BCUT2D eigenvalue weighted by Crippen LogP contribution is 2.31. The van der Waals surface area contributed by atoms with Crippen molar-refractivity contribution < 1.29 is 22.7 Å². The lowest BCUT2D eigenvalue weighted by atomic mass is 9.91. The Kier molecular flexibility index (Phi) is 5.37. The number of hydrogen-bond acceptors (Lipinski definition) is 8. The molecule has 1 atom stereocenters. The average molecular weight is 502 g/mol. The third-order valence-electron chi connectivity index (χ3n) is 5.89. The van der Waals surface area contributed by atoms with E-state index in [4.69, 9.17) is 4.42 Å². The molecule has 0 fully saturated rings. The largest absolute Gasteiger partial charge is 0.465 e. The van der Waals surface area contributed by atoms with Gasteiger partial charge in [-0.3, -0.25) is 9.29 Å². The van der Waals surface area contributed by atoms with E-state index in [9.17, 15) is 23.1 Å². The number of carbonyl (C=O) groups is 1. The molecule has 2 aromatic carbocycles. The van der Waals surface area contributed by atoms with Crippen LogP contribution in [0.15, 0.2) is 56.0 Å². The molecule has 4 aromatic rings. The van der Waals surface area contributed by atoms with Crippen LogP contribution in [0.5, 0.6) is 0 Å². The second-order valence-electron chi connectivity index (χ2n) is 7.83. The van der Waals surface area contributed by atoms with Crippen molar-refractivity contribution in [2.45, 2.75) is 30.8 Å². The van der Waals surface area contributed by atoms with E-state index in [-0.39, 0.29) is 22.2 Å². The summed E-state index contributed by atoms with van der Waals surface area (Å²) >= 11 is 1.04. The number of amides is 1. The number of benzene rings is 2. The number of carboxylic acid groups (broad SMARTS) is 1. The molecule has 176 valence electrons. The summed E-state index contributed by atoms with van der Waals surface area (Å²) in [6.45, 7) is 2.47. The molecule has 1 aliphatic rings. The van der Waals surface area contributed by atoms with Crippen molar-refractivity contribution in [3.8, 4) is 0 Å². The Bertz CT molecular complexity index is 1560.